The first kappa shape index (κ1) is 19.7. The summed E-state index contributed by atoms with van der Waals surface area (Å²) < 4.78 is 0. The summed E-state index contributed by atoms with van der Waals surface area (Å²) in [6.45, 7) is 8.89. The highest BCUT2D eigenvalue weighted by Gasteiger charge is 2.30. The number of carbonyl (C=O) groups excluding carboxylic acids is 1. The summed E-state index contributed by atoms with van der Waals surface area (Å²) in [6, 6.07) is 8.20. The van der Waals surface area contributed by atoms with Gasteiger partial charge >= 0.3 is 0 Å². The van der Waals surface area contributed by atoms with Crippen molar-refractivity contribution in [2.45, 2.75) is 46.1 Å². The number of rotatable bonds is 3. The zero-order valence-electron chi connectivity index (χ0n) is 17.6. The molecular weight excluding hydrogens is 362 g/mol. The minimum Gasteiger partial charge on any atom is -0.402 e. The maximum Gasteiger partial charge on any atom is 0.254 e. The molecule has 6 nitrogen and oxygen atoms in total. The van der Waals surface area contributed by atoms with E-state index in [0.717, 1.165) is 72.5 Å². The molecule has 0 bridgehead atoms. The Hall–Kier alpha value is -2.60. The Kier molecular flexibility index (Phi) is 4.99. The van der Waals surface area contributed by atoms with Gasteiger partial charge in [-0.25, -0.2) is 0 Å². The lowest BCUT2D eigenvalue weighted by molar-refractivity contribution is -0.112. The number of amides is 1. The number of aromatic amines is 1. The van der Waals surface area contributed by atoms with Crippen LogP contribution in [0.3, 0.4) is 0 Å². The van der Waals surface area contributed by atoms with E-state index in [1.54, 1.807) is 0 Å². The molecule has 1 saturated heterocycles. The topological polar surface area (TPSA) is 99.7 Å². The van der Waals surface area contributed by atoms with Crippen LogP contribution in [0.25, 0.3) is 10.9 Å². The highest BCUT2D eigenvalue weighted by atomic mass is 16.2. The lowest BCUT2D eigenvalue weighted by atomic mass is 9.75. The van der Waals surface area contributed by atoms with Gasteiger partial charge in [0.05, 0.1) is 0 Å². The van der Waals surface area contributed by atoms with Crippen LogP contribution in [0, 0.1) is 5.41 Å². The monoisotopic (exact) mass is 394 g/mol. The molecule has 6 heteroatoms. The number of allylic oxidation sites excluding steroid dienone is 2. The zero-order valence-corrected chi connectivity index (χ0v) is 17.6. The van der Waals surface area contributed by atoms with Crippen LogP contribution in [-0.4, -0.2) is 47.2 Å². The fraction of sp³-hybridized carbons (Fsp3) is 0.478. The van der Waals surface area contributed by atoms with Gasteiger partial charge in [0, 0.05) is 53.4 Å². The summed E-state index contributed by atoms with van der Waals surface area (Å²) in [7, 11) is 0. The largest absolute Gasteiger partial charge is 0.402 e. The van der Waals surface area contributed by atoms with Crippen molar-refractivity contribution in [1.82, 2.24) is 15.2 Å². The van der Waals surface area contributed by atoms with E-state index in [-0.39, 0.29) is 11.3 Å². The van der Waals surface area contributed by atoms with E-state index in [4.69, 9.17) is 11.1 Å². The van der Waals surface area contributed by atoms with Crippen LogP contribution in [0.15, 0.2) is 35.5 Å². The van der Waals surface area contributed by atoms with E-state index in [2.05, 4.69) is 31.1 Å². The van der Waals surface area contributed by atoms with Crippen molar-refractivity contribution in [2.24, 2.45) is 11.1 Å². The van der Waals surface area contributed by atoms with Crippen molar-refractivity contribution in [3.63, 3.8) is 0 Å². The predicted octanol–water partition coefficient (Wildman–Crippen LogP) is 1.57. The van der Waals surface area contributed by atoms with Crippen molar-refractivity contribution >= 4 is 22.5 Å². The maximum atomic E-state index is 12.9. The normalized spacial score (nSPS) is 22.2. The van der Waals surface area contributed by atoms with Gasteiger partial charge in [-0.15, -0.1) is 0 Å². The van der Waals surface area contributed by atoms with Crippen molar-refractivity contribution in [3.05, 3.63) is 46.8 Å². The molecular formula is C23H32N5O+. The van der Waals surface area contributed by atoms with Gasteiger partial charge in [0.2, 0.25) is 5.71 Å². The summed E-state index contributed by atoms with van der Waals surface area (Å²) in [5.41, 5.74) is 11.8. The van der Waals surface area contributed by atoms with Crippen LogP contribution in [0.5, 0.6) is 0 Å². The lowest BCUT2D eigenvalue weighted by Gasteiger charge is -2.32. The molecule has 2 aliphatic rings. The number of piperazine rings is 1. The third kappa shape index (κ3) is 3.94. The van der Waals surface area contributed by atoms with Gasteiger partial charge in [0.1, 0.15) is 5.69 Å². The Morgan fingerprint density at radius 3 is 2.83 bits per heavy atom. The number of aromatic nitrogens is 1. The number of nitrogens with zero attached hydrogens (tertiary/aromatic N) is 1. The van der Waals surface area contributed by atoms with Gasteiger partial charge in [-0.05, 0) is 49.8 Å². The van der Waals surface area contributed by atoms with Crippen molar-refractivity contribution < 1.29 is 10.2 Å². The van der Waals surface area contributed by atoms with Gasteiger partial charge < -0.3 is 20.9 Å². The molecule has 0 saturated carbocycles. The summed E-state index contributed by atoms with van der Waals surface area (Å²) in [5, 5.41) is 10.9. The molecule has 0 spiro atoms. The fourth-order valence-corrected chi connectivity index (χ4v) is 4.51. The smallest absolute Gasteiger partial charge is 0.254 e. The number of fused-ring (bicyclic) bond motifs is 1. The van der Waals surface area contributed by atoms with Gasteiger partial charge in [-0.3, -0.25) is 10.2 Å². The van der Waals surface area contributed by atoms with Gasteiger partial charge in [0.15, 0.2) is 0 Å². The van der Waals surface area contributed by atoms with Crippen LogP contribution < -0.4 is 16.5 Å². The molecule has 4 rings (SSSR count). The second kappa shape index (κ2) is 7.34. The van der Waals surface area contributed by atoms with E-state index in [1.807, 2.05) is 29.2 Å². The highest BCUT2D eigenvalue weighted by Crippen LogP contribution is 2.37. The van der Waals surface area contributed by atoms with Crippen LogP contribution in [0.4, 0.5) is 0 Å². The molecule has 1 fully saturated rings. The van der Waals surface area contributed by atoms with Gasteiger partial charge in [-0.1, -0.05) is 19.9 Å². The number of benzene rings is 1. The van der Waals surface area contributed by atoms with E-state index >= 15 is 0 Å². The lowest BCUT2D eigenvalue weighted by Crippen LogP contribution is -2.51. The molecule has 154 valence electrons. The van der Waals surface area contributed by atoms with Crippen LogP contribution in [-0.2, 0) is 0 Å². The molecule has 6 N–H and O–H groups in total. The first-order valence-electron chi connectivity index (χ1n) is 10.5. The Morgan fingerprint density at radius 1 is 1.31 bits per heavy atom. The first-order chi connectivity index (χ1) is 13.7. The molecule has 1 aliphatic carbocycles. The first-order valence-corrected chi connectivity index (χ1v) is 10.5. The second-order valence-corrected chi connectivity index (χ2v) is 9.35. The Bertz CT molecular complexity index is 1000. The SMILES string of the molecule is C[C@H]1CN(C(=O)c2ccc3cc(C(=[NH2+])C4=C(N)CC(C)(C)CC4)[nH]c3c2)CCN1. The van der Waals surface area contributed by atoms with Crippen LogP contribution >= 0.6 is 0 Å². The highest BCUT2D eigenvalue weighted by molar-refractivity contribution is 6.10. The molecule has 2 heterocycles. The summed E-state index contributed by atoms with van der Waals surface area (Å²) in [4.78, 5) is 18.2. The van der Waals surface area contributed by atoms with Crippen LogP contribution in [0.2, 0.25) is 0 Å². The molecule has 2 aromatic rings. The quantitative estimate of drug-likeness (QED) is 0.595. The average Bonchev–Trinajstić information content (AvgIpc) is 3.09. The summed E-state index contributed by atoms with van der Waals surface area (Å²) >= 11 is 0. The van der Waals surface area contributed by atoms with Gasteiger partial charge in [0.25, 0.3) is 5.91 Å². The number of hydrogen-bond donors (Lipinski definition) is 4. The van der Waals surface area contributed by atoms with Crippen molar-refractivity contribution in [3.8, 4) is 0 Å². The van der Waals surface area contributed by atoms with Crippen LogP contribution in [0.1, 0.15) is 56.1 Å². The minimum absolute atomic E-state index is 0.0785. The van der Waals surface area contributed by atoms with E-state index in [0.29, 0.717) is 11.6 Å². The fourth-order valence-electron chi connectivity index (χ4n) is 4.51. The molecule has 1 amide bonds. The molecule has 1 atom stereocenters. The van der Waals surface area contributed by atoms with Crippen molar-refractivity contribution in [1.29, 1.82) is 0 Å². The van der Waals surface area contributed by atoms with E-state index < -0.39 is 0 Å². The third-order valence-corrected chi connectivity index (χ3v) is 6.25. The number of H-pyrrole nitrogens is 1. The summed E-state index contributed by atoms with van der Waals surface area (Å²) in [6.07, 6.45) is 2.84. The Morgan fingerprint density at radius 2 is 2.10 bits per heavy atom. The van der Waals surface area contributed by atoms with E-state index in [1.165, 1.54) is 0 Å². The summed E-state index contributed by atoms with van der Waals surface area (Å²) in [5.74, 6) is 0.0785. The molecule has 29 heavy (non-hydrogen) atoms. The molecule has 0 radical (unpaired) electrons. The molecule has 0 unspecified atom stereocenters. The zero-order chi connectivity index (χ0) is 20.8. The second-order valence-electron chi connectivity index (χ2n) is 9.35. The molecule has 1 aliphatic heterocycles. The number of nitrogens with two attached hydrogens (primary N) is 2. The number of nitrogens with one attached hydrogen (secondary N) is 2. The maximum absolute atomic E-state index is 12.9. The number of hydrogen-bond acceptors (Lipinski definition) is 3. The van der Waals surface area contributed by atoms with Crippen molar-refractivity contribution in [2.75, 3.05) is 19.6 Å². The number of carbonyl (C=O) groups is 1. The Balaban J connectivity index is 1.59. The third-order valence-electron chi connectivity index (χ3n) is 6.25. The van der Waals surface area contributed by atoms with E-state index in [9.17, 15) is 4.79 Å². The Labute approximate surface area is 172 Å². The molecule has 1 aromatic carbocycles. The average molecular weight is 395 g/mol. The standard InChI is InChI=1S/C23H31N5O/c1-14-13-28(9-8-26-14)22(29)16-5-4-15-10-20(27-19(15)11-16)21(25)17-6-7-23(2,3)12-18(17)24/h4-5,10-11,14,25-27H,6-9,12-13,24H2,1-3H3/p+1/t14-/m0/s1. The minimum atomic E-state index is 0.0785. The molecule has 1 aromatic heterocycles. The van der Waals surface area contributed by atoms with Gasteiger partial charge in [-0.2, -0.15) is 0 Å². The predicted molar refractivity (Wildman–Crippen MR) is 117 cm³/mol.